The fourth-order valence-electron chi connectivity index (χ4n) is 2.88. The van der Waals surface area contributed by atoms with E-state index in [0.29, 0.717) is 5.39 Å². The van der Waals surface area contributed by atoms with E-state index in [1.807, 2.05) is 0 Å². The molecule has 158 valence electrons. The molecule has 0 saturated carbocycles. The molecule has 0 aliphatic heterocycles. The summed E-state index contributed by atoms with van der Waals surface area (Å²) in [5.41, 5.74) is -3.56. The Morgan fingerprint density at radius 3 is 2.77 bits per heavy atom. The van der Waals surface area contributed by atoms with Gasteiger partial charge in [0.15, 0.2) is 0 Å². The molecule has 6 nitrogen and oxygen atoms in total. The maximum atomic E-state index is 13.7. The maximum absolute atomic E-state index is 13.7. The van der Waals surface area contributed by atoms with Crippen LogP contribution in [-0.2, 0) is 12.7 Å². The number of aromatic amines is 1. The number of aromatic nitrogens is 3. The van der Waals surface area contributed by atoms with Crippen LogP contribution in [0.15, 0.2) is 56.8 Å². The van der Waals surface area contributed by atoms with Gasteiger partial charge in [0.05, 0.1) is 21.7 Å². The Bertz CT molecular complexity index is 1230. The lowest BCUT2D eigenvalue weighted by molar-refractivity contribution is -0.138. The van der Waals surface area contributed by atoms with E-state index < -0.39 is 40.4 Å². The number of halogens is 5. The zero-order chi connectivity index (χ0) is 22.1. The monoisotopic (exact) mass is 486 g/mol. The zero-order valence-corrected chi connectivity index (χ0v) is 17.0. The first-order valence-electron chi connectivity index (χ1n) is 8.64. The van der Waals surface area contributed by atoms with Gasteiger partial charge in [0.1, 0.15) is 11.4 Å². The minimum absolute atomic E-state index is 0.123. The van der Waals surface area contributed by atoms with Crippen LogP contribution in [0.2, 0.25) is 0 Å². The second-order valence-corrected chi connectivity index (χ2v) is 7.33. The smallest absolute Gasteiger partial charge is 0.377 e. The second kappa shape index (κ2) is 8.42. The van der Waals surface area contributed by atoms with Gasteiger partial charge in [-0.15, -0.1) is 0 Å². The highest BCUT2D eigenvalue weighted by Crippen LogP contribution is 2.31. The third kappa shape index (κ3) is 4.61. The Labute approximate surface area is 175 Å². The molecule has 1 aromatic carbocycles. The number of rotatable bonds is 5. The van der Waals surface area contributed by atoms with Crippen LogP contribution in [0.5, 0.6) is 0 Å². The normalized spacial score (nSPS) is 13.1. The van der Waals surface area contributed by atoms with E-state index in [4.69, 9.17) is 0 Å². The summed E-state index contributed by atoms with van der Waals surface area (Å²) in [5, 5.41) is 8.51. The number of nitrogens with one attached hydrogen (secondary N) is 2. The van der Waals surface area contributed by atoms with Crippen molar-refractivity contribution in [3.8, 4) is 0 Å². The highest BCUT2D eigenvalue weighted by atomic mass is 79.9. The Hall–Kier alpha value is -2.95. The molecule has 0 radical (unpaired) electrons. The van der Waals surface area contributed by atoms with Crippen LogP contribution in [0.1, 0.15) is 12.5 Å². The molecule has 0 saturated heterocycles. The Balaban J connectivity index is 1.78. The summed E-state index contributed by atoms with van der Waals surface area (Å²) < 4.78 is 54.6. The number of pyridine rings is 1. The molecule has 2 heterocycles. The average molecular weight is 487 g/mol. The van der Waals surface area contributed by atoms with Crippen LogP contribution in [0.3, 0.4) is 0 Å². The first kappa shape index (κ1) is 21.8. The first-order chi connectivity index (χ1) is 14.1. The van der Waals surface area contributed by atoms with Gasteiger partial charge in [0.25, 0.3) is 11.1 Å². The number of H-pyrrole nitrogens is 1. The van der Waals surface area contributed by atoms with Gasteiger partial charge in [-0.05, 0) is 46.4 Å². The molecule has 1 unspecified atom stereocenters. The Morgan fingerprint density at radius 2 is 2.07 bits per heavy atom. The summed E-state index contributed by atoms with van der Waals surface area (Å²) in [6.07, 6.45) is 0.702. The summed E-state index contributed by atoms with van der Waals surface area (Å²) in [5.74, 6) is -0.558. The lowest BCUT2D eigenvalue weighted by Gasteiger charge is -2.15. The van der Waals surface area contributed by atoms with Crippen LogP contribution >= 0.6 is 15.9 Å². The van der Waals surface area contributed by atoms with Crippen LogP contribution in [0.4, 0.5) is 23.2 Å². The molecule has 2 aromatic heterocycles. The highest BCUT2D eigenvalue weighted by molar-refractivity contribution is 9.10. The summed E-state index contributed by atoms with van der Waals surface area (Å²) in [7, 11) is 0. The van der Waals surface area contributed by atoms with Gasteiger partial charge >= 0.3 is 6.18 Å². The standard InChI is InChI=1S/C19H15BrF4N4O2/c1-10(26-15-9-25-27-17(29)16(15)19(22,23)24)3-2-5-28-6-4-11-7-13(20)14(21)8-12(11)18(28)30/h2-4,6-10H,5H2,1H3,(H2,26,27,29). The summed E-state index contributed by atoms with van der Waals surface area (Å²) in [6.45, 7) is 1.70. The number of hydrogen-bond acceptors (Lipinski definition) is 4. The van der Waals surface area contributed by atoms with Gasteiger partial charge < -0.3 is 9.88 Å². The number of allylic oxidation sites excluding steroid dienone is 1. The van der Waals surface area contributed by atoms with Crippen molar-refractivity contribution in [3.05, 3.63) is 79.3 Å². The lowest BCUT2D eigenvalue weighted by Crippen LogP contribution is -2.26. The molecule has 1 atom stereocenters. The van der Waals surface area contributed by atoms with Gasteiger partial charge in [0.2, 0.25) is 0 Å². The number of fused-ring (bicyclic) bond motifs is 1. The molecule has 30 heavy (non-hydrogen) atoms. The van der Waals surface area contributed by atoms with Gasteiger partial charge in [-0.3, -0.25) is 9.59 Å². The van der Waals surface area contributed by atoms with Crippen molar-refractivity contribution in [3.63, 3.8) is 0 Å². The third-order valence-corrected chi connectivity index (χ3v) is 4.88. The van der Waals surface area contributed by atoms with Crippen molar-refractivity contribution < 1.29 is 17.6 Å². The van der Waals surface area contributed by atoms with Crippen LogP contribution < -0.4 is 16.4 Å². The van der Waals surface area contributed by atoms with Crippen molar-refractivity contribution in [1.82, 2.24) is 14.8 Å². The molecule has 3 aromatic rings. The Kier molecular flexibility index (Phi) is 6.11. The molecular formula is C19H15BrF4N4O2. The van der Waals surface area contributed by atoms with Crippen molar-refractivity contribution in [2.75, 3.05) is 5.32 Å². The molecule has 0 aliphatic carbocycles. The molecule has 0 spiro atoms. The van der Waals surface area contributed by atoms with Gasteiger partial charge in [-0.1, -0.05) is 12.2 Å². The maximum Gasteiger partial charge on any atom is 0.423 e. The van der Waals surface area contributed by atoms with Crippen molar-refractivity contribution in [2.45, 2.75) is 25.7 Å². The minimum atomic E-state index is -4.84. The third-order valence-electron chi connectivity index (χ3n) is 4.27. The average Bonchev–Trinajstić information content (AvgIpc) is 2.64. The van der Waals surface area contributed by atoms with Gasteiger partial charge in [0, 0.05) is 18.8 Å². The van der Waals surface area contributed by atoms with E-state index in [2.05, 4.69) is 26.3 Å². The first-order valence-corrected chi connectivity index (χ1v) is 9.43. The molecule has 0 amide bonds. The topological polar surface area (TPSA) is 79.8 Å². The van der Waals surface area contributed by atoms with E-state index in [1.54, 1.807) is 36.4 Å². The fraction of sp³-hybridized carbons (Fsp3) is 0.211. The van der Waals surface area contributed by atoms with E-state index in [-0.39, 0.29) is 16.4 Å². The SMILES string of the molecule is CC(C=CCn1ccc2cc(Br)c(F)cc2c1=O)Nc1cn[nH]c(=O)c1C(F)(F)F. The summed E-state index contributed by atoms with van der Waals surface area (Å²) >= 11 is 3.07. The Morgan fingerprint density at radius 1 is 1.33 bits per heavy atom. The predicted octanol–water partition coefficient (Wildman–Crippen LogP) is 4.06. The number of nitrogens with zero attached hydrogens (tertiary/aromatic N) is 2. The van der Waals surface area contributed by atoms with Crippen molar-refractivity contribution in [1.29, 1.82) is 0 Å². The second-order valence-electron chi connectivity index (χ2n) is 6.47. The minimum Gasteiger partial charge on any atom is -0.377 e. The quantitative estimate of drug-likeness (QED) is 0.421. The molecule has 3 rings (SSSR count). The highest BCUT2D eigenvalue weighted by Gasteiger charge is 2.37. The van der Waals surface area contributed by atoms with Crippen LogP contribution in [0.25, 0.3) is 10.8 Å². The number of anilines is 1. The predicted molar refractivity (Wildman–Crippen MR) is 108 cm³/mol. The molecule has 0 fully saturated rings. The zero-order valence-electron chi connectivity index (χ0n) is 15.4. The van der Waals surface area contributed by atoms with Crippen molar-refractivity contribution >= 4 is 32.4 Å². The van der Waals surface area contributed by atoms with E-state index in [9.17, 15) is 27.2 Å². The van der Waals surface area contributed by atoms with Gasteiger partial charge in [-0.25, -0.2) is 9.49 Å². The number of alkyl halides is 3. The van der Waals surface area contributed by atoms with Crippen LogP contribution in [0, 0.1) is 5.82 Å². The van der Waals surface area contributed by atoms with E-state index in [1.165, 1.54) is 10.6 Å². The largest absolute Gasteiger partial charge is 0.423 e. The van der Waals surface area contributed by atoms with Crippen molar-refractivity contribution in [2.24, 2.45) is 0 Å². The summed E-state index contributed by atoms with van der Waals surface area (Å²) in [4.78, 5) is 24.0. The molecule has 2 N–H and O–H groups in total. The molecule has 0 aliphatic rings. The lowest BCUT2D eigenvalue weighted by atomic mass is 10.1. The van der Waals surface area contributed by atoms with E-state index >= 15 is 0 Å². The van der Waals surface area contributed by atoms with Crippen LogP contribution in [-0.4, -0.2) is 20.8 Å². The molecule has 11 heteroatoms. The number of benzene rings is 1. The fourth-order valence-corrected chi connectivity index (χ4v) is 3.24. The van der Waals surface area contributed by atoms with Gasteiger partial charge in [-0.2, -0.15) is 18.3 Å². The van der Waals surface area contributed by atoms with E-state index in [0.717, 1.165) is 12.3 Å². The summed E-state index contributed by atoms with van der Waals surface area (Å²) in [6, 6.07) is 3.71. The number of hydrogen-bond donors (Lipinski definition) is 2. The molecular weight excluding hydrogens is 472 g/mol. The molecule has 0 bridgehead atoms.